The van der Waals surface area contributed by atoms with Crippen LogP contribution < -0.4 is 10.1 Å². The molecule has 1 unspecified atom stereocenters. The summed E-state index contributed by atoms with van der Waals surface area (Å²) in [6.07, 6.45) is 2.51. The standard InChI is InChI=1S/C14H18N4O2/c1-11(14-15-10-16-18-14)17-13(19)8-5-9-20-12-6-3-2-4-7-12/h2-4,6-7,10-11H,5,8-9H2,1H3,(H,17,19)(H,15,16,18). The molecule has 0 saturated carbocycles. The normalized spacial score (nSPS) is 11.8. The maximum atomic E-state index is 11.7. The smallest absolute Gasteiger partial charge is 0.220 e. The lowest BCUT2D eigenvalue weighted by Gasteiger charge is -2.11. The van der Waals surface area contributed by atoms with E-state index in [1.54, 1.807) is 0 Å². The summed E-state index contributed by atoms with van der Waals surface area (Å²) < 4.78 is 5.53. The van der Waals surface area contributed by atoms with Gasteiger partial charge in [0.2, 0.25) is 5.91 Å². The van der Waals surface area contributed by atoms with E-state index in [2.05, 4.69) is 20.5 Å². The number of amides is 1. The van der Waals surface area contributed by atoms with Crippen LogP contribution in [0.1, 0.15) is 31.6 Å². The first kappa shape index (κ1) is 14.0. The van der Waals surface area contributed by atoms with Gasteiger partial charge in [-0.3, -0.25) is 9.89 Å². The van der Waals surface area contributed by atoms with Crippen molar-refractivity contribution < 1.29 is 9.53 Å². The van der Waals surface area contributed by atoms with Gasteiger partial charge >= 0.3 is 0 Å². The number of nitrogens with one attached hydrogen (secondary N) is 2. The highest BCUT2D eigenvalue weighted by Gasteiger charge is 2.11. The van der Waals surface area contributed by atoms with Gasteiger partial charge < -0.3 is 10.1 Å². The SMILES string of the molecule is CC(NC(=O)CCCOc1ccccc1)c1ncn[nH]1. The van der Waals surface area contributed by atoms with Gasteiger partial charge in [-0.1, -0.05) is 18.2 Å². The summed E-state index contributed by atoms with van der Waals surface area (Å²) in [5, 5.41) is 9.34. The van der Waals surface area contributed by atoms with Gasteiger partial charge in [-0.15, -0.1) is 0 Å². The van der Waals surface area contributed by atoms with Crippen molar-refractivity contribution >= 4 is 5.91 Å². The highest BCUT2D eigenvalue weighted by molar-refractivity contribution is 5.76. The molecule has 1 heterocycles. The number of hydrogen-bond acceptors (Lipinski definition) is 4. The second-order valence-corrected chi connectivity index (χ2v) is 4.42. The number of carbonyl (C=O) groups excluding carboxylic acids is 1. The molecule has 0 saturated heterocycles. The molecule has 2 aromatic rings. The van der Waals surface area contributed by atoms with E-state index >= 15 is 0 Å². The largest absolute Gasteiger partial charge is 0.494 e. The molecule has 0 bridgehead atoms. The van der Waals surface area contributed by atoms with Gasteiger partial charge in [-0.2, -0.15) is 5.10 Å². The van der Waals surface area contributed by atoms with Gasteiger partial charge in [0, 0.05) is 6.42 Å². The molecule has 1 atom stereocenters. The van der Waals surface area contributed by atoms with Crippen LogP contribution >= 0.6 is 0 Å². The minimum absolute atomic E-state index is 0.0226. The Morgan fingerprint density at radius 2 is 2.20 bits per heavy atom. The molecule has 0 aliphatic carbocycles. The van der Waals surface area contributed by atoms with Gasteiger partial charge in [0.25, 0.3) is 0 Å². The molecule has 1 aromatic heterocycles. The van der Waals surface area contributed by atoms with Crippen LogP contribution in [-0.2, 0) is 4.79 Å². The summed E-state index contributed by atoms with van der Waals surface area (Å²) >= 11 is 0. The monoisotopic (exact) mass is 274 g/mol. The number of H-pyrrole nitrogens is 1. The molecular formula is C14H18N4O2. The van der Waals surface area contributed by atoms with Crippen molar-refractivity contribution in [1.82, 2.24) is 20.5 Å². The number of carbonyl (C=O) groups is 1. The molecule has 2 rings (SSSR count). The average Bonchev–Trinajstić information content (AvgIpc) is 2.99. The Balaban J connectivity index is 1.63. The van der Waals surface area contributed by atoms with Crippen molar-refractivity contribution in [3.63, 3.8) is 0 Å². The number of benzene rings is 1. The van der Waals surface area contributed by atoms with Crippen LogP contribution in [0.15, 0.2) is 36.7 Å². The van der Waals surface area contributed by atoms with Crippen molar-refractivity contribution in [2.45, 2.75) is 25.8 Å². The number of rotatable bonds is 7. The van der Waals surface area contributed by atoms with Crippen molar-refractivity contribution in [2.24, 2.45) is 0 Å². The third kappa shape index (κ3) is 4.38. The van der Waals surface area contributed by atoms with E-state index in [1.807, 2.05) is 37.3 Å². The molecular weight excluding hydrogens is 256 g/mol. The zero-order chi connectivity index (χ0) is 14.2. The van der Waals surface area contributed by atoms with E-state index in [0.717, 1.165) is 5.75 Å². The lowest BCUT2D eigenvalue weighted by Crippen LogP contribution is -2.27. The van der Waals surface area contributed by atoms with Crippen LogP contribution in [0.2, 0.25) is 0 Å². The predicted molar refractivity (Wildman–Crippen MR) is 74.1 cm³/mol. The third-order valence-electron chi connectivity index (χ3n) is 2.78. The fourth-order valence-electron chi connectivity index (χ4n) is 1.75. The van der Waals surface area contributed by atoms with Gasteiger partial charge in [0.1, 0.15) is 17.9 Å². The first-order valence-electron chi connectivity index (χ1n) is 6.58. The van der Waals surface area contributed by atoms with E-state index in [9.17, 15) is 4.79 Å². The van der Waals surface area contributed by atoms with Crippen LogP contribution in [0, 0.1) is 0 Å². The average molecular weight is 274 g/mol. The Hall–Kier alpha value is -2.37. The summed E-state index contributed by atoms with van der Waals surface area (Å²) in [5.74, 6) is 1.45. The highest BCUT2D eigenvalue weighted by Crippen LogP contribution is 2.09. The molecule has 0 fully saturated rings. The molecule has 2 N–H and O–H groups in total. The minimum Gasteiger partial charge on any atom is -0.494 e. The van der Waals surface area contributed by atoms with Gasteiger partial charge in [0.15, 0.2) is 0 Å². The molecule has 20 heavy (non-hydrogen) atoms. The van der Waals surface area contributed by atoms with Crippen LogP contribution in [0.5, 0.6) is 5.75 Å². The van der Waals surface area contributed by atoms with Gasteiger partial charge in [0.05, 0.1) is 12.6 Å². The summed E-state index contributed by atoms with van der Waals surface area (Å²) in [6, 6.07) is 9.39. The Morgan fingerprint density at radius 1 is 1.40 bits per heavy atom. The number of aromatic amines is 1. The Morgan fingerprint density at radius 3 is 2.90 bits per heavy atom. The second kappa shape index (κ2) is 7.28. The second-order valence-electron chi connectivity index (χ2n) is 4.42. The molecule has 0 aliphatic heterocycles. The maximum Gasteiger partial charge on any atom is 0.220 e. The summed E-state index contributed by atoms with van der Waals surface area (Å²) in [6.45, 7) is 2.38. The highest BCUT2D eigenvalue weighted by atomic mass is 16.5. The lowest BCUT2D eigenvalue weighted by molar-refractivity contribution is -0.122. The van der Waals surface area contributed by atoms with Crippen LogP contribution in [0.4, 0.5) is 0 Å². The number of nitrogens with zero attached hydrogens (tertiary/aromatic N) is 2. The Bertz CT molecular complexity index is 513. The van der Waals surface area contributed by atoms with Crippen molar-refractivity contribution in [2.75, 3.05) is 6.61 Å². The lowest BCUT2D eigenvalue weighted by atomic mass is 10.2. The first-order valence-corrected chi connectivity index (χ1v) is 6.58. The number of hydrogen-bond donors (Lipinski definition) is 2. The Labute approximate surface area is 117 Å². The molecule has 6 heteroatoms. The van der Waals surface area contributed by atoms with Gasteiger partial charge in [-0.05, 0) is 25.5 Å². The zero-order valence-corrected chi connectivity index (χ0v) is 11.4. The zero-order valence-electron chi connectivity index (χ0n) is 11.4. The van der Waals surface area contributed by atoms with E-state index in [-0.39, 0.29) is 11.9 Å². The molecule has 0 spiro atoms. The molecule has 6 nitrogen and oxygen atoms in total. The molecule has 106 valence electrons. The molecule has 1 amide bonds. The first-order chi connectivity index (χ1) is 9.75. The van der Waals surface area contributed by atoms with E-state index in [4.69, 9.17) is 4.74 Å². The number of para-hydroxylation sites is 1. The Kier molecular flexibility index (Phi) is 5.11. The maximum absolute atomic E-state index is 11.7. The van der Waals surface area contributed by atoms with Crippen LogP contribution in [-0.4, -0.2) is 27.7 Å². The predicted octanol–water partition coefficient (Wildman–Crippen LogP) is 1.84. The van der Waals surface area contributed by atoms with Crippen LogP contribution in [0.3, 0.4) is 0 Å². The number of aromatic nitrogens is 3. The van der Waals surface area contributed by atoms with Crippen molar-refractivity contribution in [1.29, 1.82) is 0 Å². The van der Waals surface area contributed by atoms with Crippen LogP contribution in [0.25, 0.3) is 0 Å². The summed E-state index contributed by atoms with van der Waals surface area (Å²) in [4.78, 5) is 15.7. The minimum atomic E-state index is -0.167. The summed E-state index contributed by atoms with van der Waals surface area (Å²) in [7, 11) is 0. The van der Waals surface area contributed by atoms with E-state index < -0.39 is 0 Å². The topological polar surface area (TPSA) is 79.9 Å². The van der Waals surface area contributed by atoms with Gasteiger partial charge in [-0.25, -0.2) is 4.98 Å². The molecule has 1 aromatic carbocycles. The fourth-order valence-corrected chi connectivity index (χ4v) is 1.75. The third-order valence-corrected chi connectivity index (χ3v) is 2.78. The van der Waals surface area contributed by atoms with Crippen molar-refractivity contribution in [3.8, 4) is 5.75 Å². The fraction of sp³-hybridized carbons (Fsp3) is 0.357. The quantitative estimate of drug-likeness (QED) is 0.755. The van der Waals surface area contributed by atoms with E-state index in [1.165, 1.54) is 6.33 Å². The number of ether oxygens (including phenoxy) is 1. The molecule has 0 aliphatic rings. The van der Waals surface area contributed by atoms with Crippen molar-refractivity contribution in [3.05, 3.63) is 42.5 Å². The summed E-state index contributed by atoms with van der Waals surface area (Å²) in [5.41, 5.74) is 0. The molecule has 0 radical (unpaired) electrons. The van der Waals surface area contributed by atoms with E-state index in [0.29, 0.717) is 25.3 Å².